The van der Waals surface area contributed by atoms with Crippen LogP contribution in [-0.2, 0) is 7.05 Å². The van der Waals surface area contributed by atoms with Gasteiger partial charge in [0.05, 0.1) is 16.8 Å². The van der Waals surface area contributed by atoms with E-state index >= 15 is 0 Å². The molecule has 0 radical (unpaired) electrons. The molecule has 0 unspecified atom stereocenters. The number of carbonyl (C=O) groups excluding carboxylic acids is 2. The average molecular weight is 248 g/mol. The highest BCUT2D eigenvalue weighted by Gasteiger charge is 2.19. The molecular weight excluding hydrogens is 238 g/mol. The maximum Gasteiger partial charge on any atom is 0.153 e. The second kappa shape index (κ2) is 4.55. The van der Waals surface area contributed by atoms with Crippen LogP contribution in [0.4, 0.5) is 0 Å². The Hall–Kier alpha value is -1.87. The molecule has 0 bridgehead atoms. The minimum Gasteiger partial charge on any atom is -0.334 e. The quantitative estimate of drug-likeness (QED) is 0.783. The molecular formula is C13H10ClNO2. The van der Waals surface area contributed by atoms with Gasteiger partial charge in [-0.25, -0.2) is 0 Å². The number of hydrogen-bond acceptors (Lipinski definition) is 2. The number of nitrogens with zero attached hydrogens (tertiary/aromatic N) is 1. The Kier molecular flexibility index (Phi) is 3.11. The third-order valence-corrected chi connectivity index (χ3v) is 3.14. The number of rotatable bonds is 3. The molecule has 86 valence electrons. The fourth-order valence-electron chi connectivity index (χ4n) is 1.87. The number of carbonyl (C=O) groups is 2. The summed E-state index contributed by atoms with van der Waals surface area (Å²) in [6, 6.07) is 9.35. The summed E-state index contributed by atoms with van der Waals surface area (Å²) in [7, 11) is 1.73. The van der Waals surface area contributed by atoms with Crippen molar-refractivity contribution in [3.8, 4) is 11.3 Å². The van der Waals surface area contributed by atoms with Crippen molar-refractivity contribution in [2.45, 2.75) is 0 Å². The van der Waals surface area contributed by atoms with E-state index in [0.29, 0.717) is 23.8 Å². The van der Waals surface area contributed by atoms with Gasteiger partial charge in [-0.15, -0.1) is 0 Å². The summed E-state index contributed by atoms with van der Waals surface area (Å²) in [5, 5.41) is 0.279. The van der Waals surface area contributed by atoms with Crippen molar-refractivity contribution < 1.29 is 9.59 Å². The fourth-order valence-corrected chi connectivity index (χ4v) is 2.11. The predicted octanol–water partition coefficient (Wildman–Crippen LogP) is 2.97. The molecule has 2 aromatic rings. The van der Waals surface area contributed by atoms with E-state index in [1.807, 2.05) is 30.3 Å². The van der Waals surface area contributed by atoms with Crippen molar-refractivity contribution in [2.75, 3.05) is 0 Å². The van der Waals surface area contributed by atoms with Crippen molar-refractivity contribution in [3.05, 3.63) is 46.6 Å². The first kappa shape index (κ1) is 11.6. The minimum absolute atomic E-state index is 0.239. The van der Waals surface area contributed by atoms with Gasteiger partial charge in [-0.3, -0.25) is 9.59 Å². The molecule has 0 saturated carbocycles. The molecule has 0 spiro atoms. The first-order valence-electron chi connectivity index (χ1n) is 5.04. The van der Waals surface area contributed by atoms with Crippen LogP contribution in [0.15, 0.2) is 30.3 Å². The smallest absolute Gasteiger partial charge is 0.153 e. The highest BCUT2D eigenvalue weighted by Crippen LogP contribution is 2.31. The SMILES string of the molecule is Cn1c(Cl)c(C=O)c(C=O)c1-c1ccccc1. The van der Waals surface area contributed by atoms with Gasteiger partial charge in [0.1, 0.15) is 5.15 Å². The zero-order chi connectivity index (χ0) is 12.4. The summed E-state index contributed by atoms with van der Waals surface area (Å²) in [5.74, 6) is 0. The summed E-state index contributed by atoms with van der Waals surface area (Å²) in [6.07, 6.45) is 1.27. The summed E-state index contributed by atoms with van der Waals surface area (Å²) in [4.78, 5) is 22.1. The number of benzene rings is 1. The van der Waals surface area contributed by atoms with Crippen LogP contribution in [0.5, 0.6) is 0 Å². The van der Waals surface area contributed by atoms with E-state index in [0.717, 1.165) is 5.56 Å². The Morgan fingerprint density at radius 1 is 1.06 bits per heavy atom. The Balaban J connectivity index is 2.78. The Morgan fingerprint density at radius 2 is 1.65 bits per heavy atom. The van der Waals surface area contributed by atoms with Gasteiger partial charge in [0.25, 0.3) is 0 Å². The van der Waals surface area contributed by atoms with Crippen molar-refractivity contribution in [2.24, 2.45) is 7.05 Å². The van der Waals surface area contributed by atoms with Crippen molar-refractivity contribution in [1.29, 1.82) is 0 Å². The van der Waals surface area contributed by atoms with Crippen LogP contribution in [0.1, 0.15) is 20.7 Å². The lowest BCUT2D eigenvalue weighted by molar-refractivity contribution is 0.109. The Bertz CT molecular complexity index is 573. The highest BCUT2D eigenvalue weighted by atomic mass is 35.5. The average Bonchev–Trinajstić information content (AvgIpc) is 2.62. The molecule has 0 aliphatic rings. The van der Waals surface area contributed by atoms with Gasteiger partial charge in [-0.05, 0) is 5.56 Å². The Labute approximate surface area is 104 Å². The molecule has 2 rings (SSSR count). The van der Waals surface area contributed by atoms with Crippen molar-refractivity contribution >= 4 is 24.2 Å². The van der Waals surface area contributed by atoms with E-state index in [9.17, 15) is 9.59 Å². The van der Waals surface area contributed by atoms with Crippen LogP contribution in [0.25, 0.3) is 11.3 Å². The third kappa shape index (κ3) is 1.78. The van der Waals surface area contributed by atoms with Crippen LogP contribution < -0.4 is 0 Å². The van der Waals surface area contributed by atoms with Gasteiger partial charge in [-0.1, -0.05) is 41.9 Å². The van der Waals surface area contributed by atoms with Gasteiger partial charge >= 0.3 is 0 Å². The lowest BCUT2D eigenvalue weighted by Gasteiger charge is -2.04. The van der Waals surface area contributed by atoms with E-state index < -0.39 is 0 Å². The molecule has 3 nitrogen and oxygen atoms in total. The zero-order valence-corrected chi connectivity index (χ0v) is 9.94. The molecule has 0 atom stereocenters. The van der Waals surface area contributed by atoms with Gasteiger partial charge in [-0.2, -0.15) is 0 Å². The van der Waals surface area contributed by atoms with Gasteiger partial charge < -0.3 is 4.57 Å². The fraction of sp³-hybridized carbons (Fsp3) is 0.0769. The second-order valence-corrected chi connectivity index (χ2v) is 3.99. The van der Waals surface area contributed by atoms with Crippen LogP contribution in [-0.4, -0.2) is 17.1 Å². The molecule has 0 amide bonds. The molecule has 0 aliphatic carbocycles. The van der Waals surface area contributed by atoms with Gasteiger partial charge in [0.15, 0.2) is 12.6 Å². The van der Waals surface area contributed by atoms with Gasteiger partial charge in [0.2, 0.25) is 0 Å². The summed E-state index contributed by atoms with van der Waals surface area (Å²) in [5.41, 5.74) is 2.08. The summed E-state index contributed by atoms with van der Waals surface area (Å²) < 4.78 is 1.64. The normalized spacial score (nSPS) is 10.2. The summed E-state index contributed by atoms with van der Waals surface area (Å²) in [6.45, 7) is 0. The molecule has 1 aromatic carbocycles. The maximum absolute atomic E-state index is 11.1. The minimum atomic E-state index is 0.239. The van der Waals surface area contributed by atoms with E-state index in [-0.39, 0.29) is 10.7 Å². The first-order valence-corrected chi connectivity index (χ1v) is 5.42. The molecule has 1 aromatic heterocycles. The van der Waals surface area contributed by atoms with Crippen LogP contribution in [0, 0.1) is 0 Å². The van der Waals surface area contributed by atoms with Crippen LogP contribution in [0.2, 0.25) is 5.15 Å². The van der Waals surface area contributed by atoms with E-state index in [4.69, 9.17) is 11.6 Å². The highest BCUT2D eigenvalue weighted by molar-refractivity contribution is 6.33. The standard InChI is InChI=1S/C13H10ClNO2/c1-15-12(9-5-3-2-4-6-9)10(7-16)11(8-17)13(15)14/h2-8H,1H3. The maximum atomic E-state index is 11.1. The van der Waals surface area contributed by atoms with Crippen molar-refractivity contribution in [3.63, 3.8) is 0 Å². The Morgan fingerprint density at radius 3 is 2.18 bits per heavy atom. The van der Waals surface area contributed by atoms with E-state index in [1.54, 1.807) is 11.6 Å². The number of aldehydes is 2. The molecule has 0 aliphatic heterocycles. The van der Waals surface area contributed by atoms with Crippen LogP contribution >= 0.6 is 11.6 Å². The van der Waals surface area contributed by atoms with E-state index in [1.165, 1.54) is 0 Å². The van der Waals surface area contributed by atoms with E-state index in [2.05, 4.69) is 0 Å². The lowest BCUT2D eigenvalue weighted by atomic mass is 10.1. The topological polar surface area (TPSA) is 39.1 Å². The zero-order valence-electron chi connectivity index (χ0n) is 9.18. The second-order valence-electron chi connectivity index (χ2n) is 3.63. The number of halogens is 1. The number of aromatic nitrogens is 1. The molecule has 0 saturated heterocycles. The van der Waals surface area contributed by atoms with Crippen LogP contribution in [0.3, 0.4) is 0 Å². The molecule has 4 heteroatoms. The largest absolute Gasteiger partial charge is 0.334 e. The molecule has 0 N–H and O–H groups in total. The predicted molar refractivity (Wildman–Crippen MR) is 66.6 cm³/mol. The van der Waals surface area contributed by atoms with Gasteiger partial charge in [0, 0.05) is 7.05 Å². The number of hydrogen-bond donors (Lipinski definition) is 0. The van der Waals surface area contributed by atoms with Crippen molar-refractivity contribution in [1.82, 2.24) is 4.57 Å². The molecule has 0 fully saturated rings. The molecule has 17 heavy (non-hydrogen) atoms. The monoisotopic (exact) mass is 247 g/mol. The third-order valence-electron chi connectivity index (χ3n) is 2.68. The summed E-state index contributed by atoms with van der Waals surface area (Å²) >= 11 is 6.02. The first-order chi connectivity index (χ1) is 8.20. The molecule has 1 heterocycles. The lowest BCUT2D eigenvalue weighted by Crippen LogP contribution is -1.93.